The lowest BCUT2D eigenvalue weighted by Crippen LogP contribution is -2.20. The first-order chi connectivity index (χ1) is 6.17. The van der Waals surface area contributed by atoms with E-state index < -0.39 is 0 Å². The summed E-state index contributed by atoms with van der Waals surface area (Å²) in [5.41, 5.74) is 1.33. The van der Waals surface area contributed by atoms with Crippen LogP contribution in [0.5, 0.6) is 0 Å². The minimum atomic E-state index is -0.166. The molecule has 0 unspecified atom stereocenters. The molecule has 4 heteroatoms. The molecule has 0 radical (unpaired) electrons. The molecule has 0 bridgehead atoms. The number of amides is 1. The van der Waals surface area contributed by atoms with Crippen LogP contribution in [-0.4, -0.2) is 22.9 Å². The summed E-state index contributed by atoms with van der Waals surface area (Å²) in [6.07, 6.45) is 0.813. The third kappa shape index (κ3) is 2.24. The quantitative estimate of drug-likeness (QED) is 0.727. The van der Waals surface area contributed by atoms with Crippen molar-refractivity contribution in [2.45, 2.75) is 20.3 Å². The molecule has 4 nitrogen and oxygen atoms in total. The highest BCUT2D eigenvalue weighted by molar-refractivity contribution is 5.92. The Labute approximate surface area is 77.4 Å². The molecule has 0 aromatic carbocycles. The van der Waals surface area contributed by atoms with Crippen molar-refractivity contribution >= 4 is 5.91 Å². The van der Waals surface area contributed by atoms with E-state index in [9.17, 15) is 4.79 Å². The number of nitrogens with zero attached hydrogens (tertiary/aromatic N) is 2. The Balaban J connectivity index is 3.08. The third-order valence-corrected chi connectivity index (χ3v) is 1.71. The van der Waals surface area contributed by atoms with E-state index in [2.05, 4.69) is 15.3 Å². The van der Waals surface area contributed by atoms with E-state index in [1.165, 1.54) is 0 Å². The largest absolute Gasteiger partial charge is 0.354 e. The van der Waals surface area contributed by atoms with Crippen molar-refractivity contribution < 1.29 is 4.79 Å². The van der Waals surface area contributed by atoms with E-state index in [1.807, 2.05) is 6.92 Å². The van der Waals surface area contributed by atoms with Gasteiger partial charge in [-0.2, -0.15) is 0 Å². The predicted molar refractivity (Wildman–Crippen MR) is 49.5 cm³/mol. The van der Waals surface area contributed by atoms with E-state index in [4.69, 9.17) is 0 Å². The minimum absolute atomic E-state index is 0.166. The zero-order chi connectivity index (χ0) is 9.84. The second-order valence-corrected chi connectivity index (χ2v) is 2.72. The molecule has 0 spiro atoms. The Morgan fingerprint density at radius 2 is 2.23 bits per heavy atom. The van der Waals surface area contributed by atoms with E-state index >= 15 is 0 Å². The number of aromatic nitrogens is 2. The molecule has 70 valence electrons. The fraction of sp³-hybridized carbons (Fsp3) is 0.444. The molecule has 0 aliphatic heterocycles. The average Bonchev–Trinajstić information content (AvgIpc) is 2.15. The van der Waals surface area contributed by atoms with Gasteiger partial charge < -0.3 is 5.32 Å². The fourth-order valence-electron chi connectivity index (χ4n) is 1.06. The number of hydrogen-bond donors (Lipinski definition) is 1. The molecular weight excluding hydrogens is 166 g/mol. The first kappa shape index (κ1) is 9.64. The summed E-state index contributed by atoms with van der Waals surface area (Å²) in [5.74, 6) is 0.471. The predicted octanol–water partition coefficient (Wildman–Crippen LogP) is 0.707. The van der Waals surface area contributed by atoms with Gasteiger partial charge in [0.25, 0.3) is 5.91 Å². The van der Waals surface area contributed by atoms with E-state index in [0.29, 0.717) is 11.5 Å². The van der Waals surface area contributed by atoms with Crippen molar-refractivity contribution in [3.8, 4) is 0 Å². The lowest BCUT2D eigenvalue weighted by Gasteiger charge is -2.02. The van der Waals surface area contributed by atoms with Crippen molar-refractivity contribution in [3.63, 3.8) is 0 Å². The van der Waals surface area contributed by atoms with Gasteiger partial charge in [0, 0.05) is 12.7 Å². The molecule has 1 rings (SSSR count). The Hall–Kier alpha value is -1.45. The minimum Gasteiger partial charge on any atom is -0.354 e. The molecule has 1 N–H and O–H groups in total. The van der Waals surface area contributed by atoms with Crippen LogP contribution in [0.1, 0.15) is 28.9 Å². The van der Waals surface area contributed by atoms with Gasteiger partial charge in [-0.3, -0.25) is 4.79 Å². The second-order valence-electron chi connectivity index (χ2n) is 2.72. The summed E-state index contributed by atoms with van der Waals surface area (Å²) in [6, 6.07) is 1.71. The summed E-state index contributed by atoms with van der Waals surface area (Å²) >= 11 is 0. The summed E-state index contributed by atoms with van der Waals surface area (Å²) in [6.45, 7) is 3.78. The number of aryl methyl sites for hydroxylation is 2. The summed E-state index contributed by atoms with van der Waals surface area (Å²) in [5, 5.41) is 2.53. The topological polar surface area (TPSA) is 54.9 Å². The third-order valence-electron chi connectivity index (χ3n) is 1.71. The van der Waals surface area contributed by atoms with Crippen molar-refractivity contribution in [2.24, 2.45) is 0 Å². The van der Waals surface area contributed by atoms with Gasteiger partial charge in [-0.25, -0.2) is 9.97 Å². The average molecular weight is 179 g/mol. The molecule has 0 atom stereocenters. The molecule has 0 fully saturated rings. The molecule has 13 heavy (non-hydrogen) atoms. The molecule has 1 aromatic heterocycles. The van der Waals surface area contributed by atoms with Crippen LogP contribution in [0.25, 0.3) is 0 Å². The van der Waals surface area contributed by atoms with Gasteiger partial charge in [0.05, 0.1) is 0 Å². The second kappa shape index (κ2) is 3.98. The van der Waals surface area contributed by atoms with Crippen LogP contribution in [0.4, 0.5) is 0 Å². The Morgan fingerprint density at radius 3 is 2.77 bits per heavy atom. The highest BCUT2D eigenvalue weighted by atomic mass is 16.1. The number of rotatable bonds is 2. The number of carbonyl (C=O) groups excluding carboxylic acids is 1. The van der Waals surface area contributed by atoms with Gasteiger partial charge in [0.15, 0.2) is 0 Å². The molecule has 1 heterocycles. The molecule has 0 aliphatic carbocycles. The van der Waals surface area contributed by atoms with Gasteiger partial charge >= 0.3 is 0 Å². The van der Waals surface area contributed by atoms with Gasteiger partial charge in [-0.05, 0) is 19.4 Å². The summed E-state index contributed by atoms with van der Waals surface area (Å²) in [4.78, 5) is 19.4. The van der Waals surface area contributed by atoms with E-state index in [0.717, 1.165) is 12.1 Å². The van der Waals surface area contributed by atoms with Crippen LogP contribution in [0.2, 0.25) is 0 Å². The number of nitrogens with one attached hydrogen (secondary N) is 1. The van der Waals surface area contributed by atoms with Crippen LogP contribution in [0.3, 0.4) is 0 Å². The first-order valence-electron chi connectivity index (χ1n) is 4.24. The molecule has 0 aliphatic rings. The molecular formula is C9H13N3O. The highest BCUT2D eigenvalue weighted by Gasteiger charge is 2.06. The normalized spacial score (nSPS) is 9.77. The standard InChI is InChI=1S/C9H13N3O/c1-4-7-5-8(9(13)10-3)12-6(2)11-7/h5H,4H2,1-3H3,(H,10,13). The molecule has 0 saturated heterocycles. The maximum Gasteiger partial charge on any atom is 0.269 e. The Bertz CT molecular complexity index is 323. The van der Waals surface area contributed by atoms with Crippen molar-refractivity contribution in [2.75, 3.05) is 7.05 Å². The Morgan fingerprint density at radius 1 is 1.54 bits per heavy atom. The molecule has 1 amide bonds. The highest BCUT2D eigenvalue weighted by Crippen LogP contribution is 2.01. The zero-order valence-corrected chi connectivity index (χ0v) is 8.09. The molecule has 1 aromatic rings. The van der Waals surface area contributed by atoms with Crippen LogP contribution in [0, 0.1) is 6.92 Å². The van der Waals surface area contributed by atoms with Gasteiger partial charge in [-0.1, -0.05) is 6.92 Å². The zero-order valence-electron chi connectivity index (χ0n) is 8.09. The first-order valence-corrected chi connectivity index (χ1v) is 4.24. The molecule has 0 saturated carbocycles. The van der Waals surface area contributed by atoms with Gasteiger partial charge in [0.1, 0.15) is 11.5 Å². The summed E-state index contributed by atoms with van der Waals surface area (Å²) in [7, 11) is 1.59. The Kier molecular flexibility index (Phi) is 2.95. The van der Waals surface area contributed by atoms with Crippen LogP contribution in [0.15, 0.2) is 6.07 Å². The van der Waals surface area contributed by atoms with E-state index in [1.54, 1.807) is 20.0 Å². The van der Waals surface area contributed by atoms with Gasteiger partial charge in [-0.15, -0.1) is 0 Å². The summed E-state index contributed by atoms with van der Waals surface area (Å²) < 4.78 is 0. The fourth-order valence-corrected chi connectivity index (χ4v) is 1.06. The lowest BCUT2D eigenvalue weighted by molar-refractivity contribution is 0.0957. The van der Waals surface area contributed by atoms with Gasteiger partial charge in [0.2, 0.25) is 0 Å². The lowest BCUT2D eigenvalue weighted by atomic mass is 10.2. The maximum atomic E-state index is 11.2. The number of carbonyl (C=O) groups is 1. The van der Waals surface area contributed by atoms with Crippen molar-refractivity contribution in [1.82, 2.24) is 15.3 Å². The smallest absolute Gasteiger partial charge is 0.269 e. The van der Waals surface area contributed by atoms with E-state index in [-0.39, 0.29) is 5.91 Å². The van der Waals surface area contributed by atoms with Crippen LogP contribution in [-0.2, 0) is 6.42 Å². The monoisotopic (exact) mass is 179 g/mol. The SMILES string of the molecule is CCc1cc(C(=O)NC)nc(C)n1. The van der Waals surface area contributed by atoms with Crippen LogP contribution >= 0.6 is 0 Å². The maximum absolute atomic E-state index is 11.2. The number of hydrogen-bond acceptors (Lipinski definition) is 3. The van der Waals surface area contributed by atoms with Crippen LogP contribution < -0.4 is 5.32 Å². The van der Waals surface area contributed by atoms with Crippen molar-refractivity contribution in [3.05, 3.63) is 23.3 Å². The van der Waals surface area contributed by atoms with Crippen molar-refractivity contribution in [1.29, 1.82) is 0 Å².